The minimum Gasteiger partial charge on any atom is -0.465 e. The molecule has 1 N–H and O–H groups in total. The van der Waals surface area contributed by atoms with Gasteiger partial charge in [-0.3, -0.25) is 4.79 Å². The summed E-state index contributed by atoms with van der Waals surface area (Å²) in [6, 6.07) is 0. The Morgan fingerprint density at radius 3 is 2.65 bits per heavy atom. The summed E-state index contributed by atoms with van der Waals surface area (Å²) in [6.07, 6.45) is -2.63. The quantitative estimate of drug-likeness (QED) is 0.720. The highest BCUT2D eigenvalue weighted by Crippen LogP contribution is 2.41. The van der Waals surface area contributed by atoms with E-state index in [0.29, 0.717) is 0 Å². The van der Waals surface area contributed by atoms with Crippen LogP contribution in [0.2, 0.25) is 0 Å². The number of aliphatic hydroxyl groups excluding tert-OH is 1. The molecule has 0 aliphatic carbocycles. The molecule has 3 heterocycles. The number of hydrogen-bond acceptors (Lipinski definition) is 7. The van der Waals surface area contributed by atoms with Crippen molar-refractivity contribution < 1.29 is 33.6 Å². The Bertz CT molecular complexity index is 396. The molecular weight excluding hydrogens is 268 g/mol. The third kappa shape index (κ3) is 2.33. The van der Waals surface area contributed by atoms with Crippen LogP contribution in [0.3, 0.4) is 0 Å². The van der Waals surface area contributed by atoms with E-state index in [1.165, 1.54) is 7.11 Å². The van der Waals surface area contributed by atoms with Crippen molar-refractivity contribution in [3.05, 3.63) is 0 Å². The molecule has 0 aromatic heterocycles. The maximum absolute atomic E-state index is 11.2. The smallest absolute Gasteiger partial charge is 0.306 e. The third-order valence-electron chi connectivity index (χ3n) is 3.99. The average molecular weight is 288 g/mol. The van der Waals surface area contributed by atoms with Crippen molar-refractivity contribution in [1.82, 2.24) is 0 Å². The van der Waals surface area contributed by atoms with Crippen LogP contribution < -0.4 is 0 Å². The molecule has 3 aliphatic heterocycles. The largest absolute Gasteiger partial charge is 0.465 e. The van der Waals surface area contributed by atoms with Gasteiger partial charge in [0.2, 0.25) is 0 Å². The molecule has 0 radical (unpaired) electrons. The molecule has 0 amide bonds. The lowest BCUT2D eigenvalue weighted by atomic mass is 9.93. The number of hydrogen-bond donors (Lipinski definition) is 1. The van der Waals surface area contributed by atoms with E-state index in [1.54, 1.807) is 0 Å². The van der Waals surface area contributed by atoms with Crippen LogP contribution in [0.25, 0.3) is 0 Å². The molecule has 0 spiro atoms. The van der Waals surface area contributed by atoms with E-state index in [0.717, 1.165) is 0 Å². The van der Waals surface area contributed by atoms with Gasteiger partial charge in [-0.15, -0.1) is 0 Å². The van der Waals surface area contributed by atoms with Crippen LogP contribution >= 0.6 is 0 Å². The first-order valence-electron chi connectivity index (χ1n) is 6.79. The second-order valence-electron chi connectivity index (χ2n) is 5.91. The van der Waals surface area contributed by atoms with Crippen molar-refractivity contribution in [2.75, 3.05) is 13.7 Å². The van der Waals surface area contributed by atoms with Crippen LogP contribution in [0.5, 0.6) is 0 Å². The summed E-state index contributed by atoms with van der Waals surface area (Å²) in [6.45, 7) is 3.83. The summed E-state index contributed by atoms with van der Waals surface area (Å²) in [5.41, 5.74) is 0. The van der Waals surface area contributed by atoms with Gasteiger partial charge >= 0.3 is 5.97 Å². The zero-order chi connectivity index (χ0) is 14.5. The zero-order valence-electron chi connectivity index (χ0n) is 11.8. The van der Waals surface area contributed by atoms with Crippen LogP contribution in [0.4, 0.5) is 0 Å². The van der Waals surface area contributed by atoms with Crippen molar-refractivity contribution in [2.45, 2.75) is 56.8 Å². The lowest BCUT2D eigenvalue weighted by Gasteiger charge is -2.27. The normalized spacial score (nSPS) is 44.4. The lowest BCUT2D eigenvalue weighted by molar-refractivity contribution is -0.239. The number of cyclic esters (lactones) is 1. The van der Waals surface area contributed by atoms with Gasteiger partial charge in [-0.2, -0.15) is 0 Å². The summed E-state index contributed by atoms with van der Waals surface area (Å²) in [5.74, 6) is -1.32. The highest BCUT2D eigenvalue weighted by Gasteiger charge is 2.58. The Balaban J connectivity index is 1.74. The van der Waals surface area contributed by atoms with Crippen LogP contribution in [0.15, 0.2) is 0 Å². The van der Waals surface area contributed by atoms with Crippen molar-refractivity contribution in [2.24, 2.45) is 5.92 Å². The fourth-order valence-corrected chi connectivity index (χ4v) is 3.08. The number of rotatable bonds is 3. The summed E-state index contributed by atoms with van der Waals surface area (Å²) in [7, 11) is 1.52. The van der Waals surface area contributed by atoms with Crippen LogP contribution in [-0.4, -0.2) is 61.3 Å². The number of aliphatic hydroxyl groups is 1. The summed E-state index contributed by atoms with van der Waals surface area (Å²) in [4.78, 5) is 11.2. The molecule has 3 rings (SSSR count). The molecule has 0 bridgehead atoms. The molecule has 20 heavy (non-hydrogen) atoms. The lowest BCUT2D eigenvalue weighted by Crippen LogP contribution is -2.42. The molecule has 3 saturated heterocycles. The predicted molar refractivity (Wildman–Crippen MR) is 64.6 cm³/mol. The van der Waals surface area contributed by atoms with Gasteiger partial charge in [-0.25, -0.2) is 0 Å². The summed E-state index contributed by atoms with van der Waals surface area (Å²) >= 11 is 0. The van der Waals surface area contributed by atoms with Crippen molar-refractivity contribution in [1.29, 1.82) is 0 Å². The predicted octanol–water partition coefficient (Wildman–Crippen LogP) is -0.198. The molecule has 3 fully saturated rings. The minimum atomic E-state index is -0.855. The molecule has 7 heteroatoms. The highest BCUT2D eigenvalue weighted by atomic mass is 16.8. The maximum atomic E-state index is 11.2. The van der Waals surface area contributed by atoms with Gasteiger partial charge in [0.05, 0.1) is 19.1 Å². The van der Waals surface area contributed by atoms with Gasteiger partial charge in [0.1, 0.15) is 18.3 Å². The van der Waals surface area contributed by atoms with Crippen molar-refractivity contribution in [3.8, 4) is 0 Å². The SMILES string of the molecule is CO[C@H]1O[C@H]([C@H](O)C2COC(=O)C2)[C@@H]2OC(C)(C)O[C@H]12. The van der Waals surface area contributed by atoms with Crippen LogP contribution in [0.1, 0.15) is 20.3 Å². The van der Waals surface area contributed by atoms with Crippen molar-refractivity contribution in [3.63, 3.8) is 0 Å². The number of esters is 1. The Labute approximate surface area is 117 Å². The van der Waals surface area contributed by atoms with Crippen molar-refractivity contribution >= 4 is 5.97 Å². The van der Waals surface area contributed by atoms with Gasteiger partial charge < -0.3 is 28.8 Å². The molecule has 1 unspecified atom stereocenters. The molecule has 0 saturated carbocycles. The van der Waals surface area contributed by atoms with E-state index in [9.17, 15) is 9.90 Å². The maximum Gasteiger partial charge on any atom is 0.306 e. The van der Waals surface area contributed by atoms with Gasteiger partial charge in [-0.1, -0.05) is 0 Å². The number of methoxy groups -OCH3 is 1. The third-order valence-corrected chi connectivity index (χ3v) is 3.99. The van der Waals surface area contributed by atoms with Gasteiger partial charge in [0.15, 0.2) is 12.1 Å². The Morgan fingerprint density at radius 1 is 1.35 bits per heavy atom. The topological polar surface area (TPSA) is 83.5 Å². The number of carbonyl (C=O) groups excluding carboxylic acids is 1. The van der Waals surface area contributed by atoms with E-state index in [2.05, 4.69) is 0 Å². The Hall–Kier alpha value is -0.730. The molecule has 114 valence electrons. The Morgan fingerprint density at radius 2 is 2.05 bits per heavy atom. The molecule has 6 atom stereocenters. The second-order valence-corrected chi connectivity index (χ2v) is 5.91. The number of fused-ring (bicyclic) bond motifs is 1. The van der Waals surface area contributed by atoms with Gasteiger partial charge in [0.25, 0.3) is 0 Å². The standard InChI is InChI=1S/C13H20O7/c1-13(2)19-10-9(18-12(16-3)11(10)20-13)8(15)6-4-7(14)17-5-6/h6,8-12,15H,4-5H2,1-3H3/t6?,8-,9-,10+,11+,12+/m1/s1. The number of carbonyl (C=O) groups is 1. The summed E-state index contributed by atoms with van der Waals surface area (Å²) in [5, 5.41) is 10.4. The molecule has 0 aromatic carbocycles. The van der Waals surface area contributed by atoms with E-state index in [4.69, 9.17) is 23.7 Å². The van der Waals surface area contributed by atoms with E-state index in [1.807, 2.05) is 13.8 Å². The van der Waals surface area contributed by atoms with Crippen LogP contribution in [0, 0.1) is 5.92 Å². The zero-order valence-corrected chi connectivity index (χ0v) is 11.8. The van der Waals surface area contributed by atoms with Gasteiger partial charge in [0, 0.05) is 13.0 Å². The molecule has 7 nitrogen and oxygen atoms in total. The first-order chi connectivity index (χ1) is 9.41. The average Bonchev–Trinajstić information content (AvgIpc) is 3.01. The summed E-state index contributed by atoms with van der Waals surface area (Å²) < 4.78 is 27.4. The van der Waals surface area contributed by atoms with Crippen LogP contribution in [-0.2, 0) is 28.5 Å². The fraction of sp³-hybridized carbons (Fsp3) is 0.923. The second kappa shape index (κ2) is 4.92. The Kier molecular flexibility index (Phi) is 3.50. The van der Waals surface area contributed by atoms with Gasteiger partial charge in [-0.05, 0) is 13.8 Å². The highest BCUT2D eigenvalue weighted by molar-refractivity contribution is 5.71. The minimum absolute atomic E-state index is 0.195. The van der Waals surface area contributed by atoms with E-state index in [-0.39, 0.29) is 31.0 Å². The first kappa shape index (κ1) is 14.2. The van der Waals surface area contributed by atoms with E-state index < -0.39 is 30.4 Å². The van der Waals surface area contributed by atoms with E-state index >= 15 is 0 Å². The number of ether oxygens (including phenoxy) is 5. The molecule has 0 aromatic rings. The monoisotopic (exact) mass is 288 g/mol. The fourth-order valence-electron chi connectivity index (χ4n) is 3.08. The molecule has 3 aliphatic rings. The molecular formula is C13H20O7. The first-order valence-corrected chi connectivity index (χ1v) is 6.79.